The molecule has 4 heteroatoms. The number of carbonyl (C=O) groups excluding carboxylic acids is 1. The van der Waals surface area contributed by atoms with Crippen molar-refractivity contribution in [2.75, 3.05) is 12.0 Å². The summed E-state index contributed by atoms with van der Waals surface area (Å²) in [6.07, 6.45) is 1.47. The van der Waals surface area contributed by atoms with E-state index in [0.717, 1.165) is 10.8 Å². The van der Waals surface area contributed by atoms with Gasteiger partial charge in [-0.05, 0) is 22.9 Å². The summed E-state index contributed by atoms with van der Waals surface area (Å²) in [6.45, 7) is 0. The first kappa shape index (κ1) is 11.8. The predicted molar refractivity (Wildman–Crippen MR) is 68.9 cm³/mol. The number of benzene rings is 2. The summed E-state index contributed by atoms with van der Waals surface area (Å²) < 4.78 is 11.0. The van der Waals surface area contributed by atoms with Crippen LogP contribution < -0.4 is 0 Å². The van der Waals surface area contributed by atoms with E-state index >= 15 is 0 Å². The Balaban J connectivity index is 2.50. The molecule has 0 aliphatic rings. The smallest absolute Gasteiger partial charge is 0.179 e. The van der Waals surface area contributed by atoms with Gasteiger partial charge in [0.25, 0.3) is 0 Å². The lowest BCUT2D eigenvalue weighted by molar-refractivity contribution is 0.101. The van der Waals surface area contributed by atoms with Gasteiger partial charge in [0.2, 0.25) is 0 Å². The van der Waals surface area contributed by atoms with E-state index in [9.17, 15) is 14.1 Å². The Labute approximate surface area is 102 Å². The van der Waals surface area contributed by atoms with E-state index in [0.29, 0.717) is 0 Å². The van der Waals surface area contributed by atoms with Crippen LogP contribution in [0.1, 0.15) is 10.4 Å². The molecule has 0 saturated carbocycles. The zero-order chi connectivity index (χ0) is 12.4. The molecule has 0 aliphatic heterocycles. The summed E-state index contributed by atoms with van der Waals surface area (Å²) in [4.78, 5) is 11.8. The molecular formula is C13H12O3S. The molecule has 0 aromatic heterocycles. The number of phenolic OH excluding ortho intramolecular Hbond substituents is 1. The van der Waals surface area contributed by atoms with Crippen molar-refractivity contribution in [3.8, 4) is 5.75 Å². The average molecular weight is 248 g/mol. The van der Waals surface area contributed by atoms with Gasteiger partial charge in [0.05, 0.1) is 11.3 Å². The molecule has 3 nitrogen and oxygen atoms in total. The molecule has 17 heavy (non-hydrogen) atoms. The number of hydrogen-bond donors (Lipinski definition) is 1. The van der Waals surface area contributed by atoms with E-state index in [2.05, 4.69) is 0 Å². The molecule has 1 unspecified atom stereocenters. The third-order valence-corrected chi connectivity index (χ3v) is 3.17. The summed E-state index contributed by atoms with van der Waals surface area (Å²) in [7, 11) is -1.20. The predicted octanol–water partition coefficient (Wildman–Crippen LogP) is 2.11. The van der Waals surface area contributed by atoms with Crippen LogP contribution in [0.3, 0.4) is 0 Å². The van der Waals surface area contributed by atoms with E-state index in [4.69, 9.17) is 0 Å². The summed E-state index contributed by atoms with van der Waals surface area (Å²) in [5.41, 5.74) is 0.235. The molecule has 0 bridgehead atoms. The van der Waals surface area contributed by atoms with Gasteiger partial charge in [0, 0.05) is 17.1 Å². The molecular weight excluding hydrogens is 236 g/mol. The van der Waals surface area contributed by atoms with Gasteiger partial charge >= 0.3 is 0 Å². The first-order chi connectivity index (χ1) is 8.08. The maximum absolute atomic E-state index is 11.8. The van der Waals surface area contributed by atoms with Crippen molar-refractivity contribution in [1.82, 2.24) is 0 Å². The summed E-state index contributed by atoms with van der Waals surface area (Å²) in [5, 5.41) is 11.5. The van der Waals surface area contributed by atoms with Crippen molar-refractivity contribution in [1.29, 1.82) is 0 Å². The Morgan fingerprint density at radius 1 is 1.24 bits per heavy atom. The number of phenols is 1. The number of carbonyl (C=O) groups is 1. The Bertz CT molecular complexity index is 605. The van der Waals surface area contributed by atoms with Crippen LogP contribution in [0.4, 0.5) is 0 Å². The van der Waals surface area contributed by atoms with E-state index in [-0.39, 0.29) is 22.8 Å². The number of rotatable bonds is 3. The van der Waals surface area contributed by atoms with Crippen molar-refractivity contribution in [2.24, 2.45) is 0 Å². The second-order valence-electron chi connectivity index (χ2n) is 3.86. The molecule has 0 heterocycles. The normalized spacial score (nSPS) is 12.5. The highest BCUT2D eigenvalue weighted by molar-refractivity contribution is 7.85. The average Bonchev–Trinajstić information content (AvgIpc) is 2.27. The Kier molecular flexibility index (Phi) is 3.24. The largest absolute Gasteiger partial charge is 0.507 e. The summed E-state index contributed by atoms with van der Waals surface area (Å²) >= 11 is 0. The van der Waals surface area contributed by atoms with Gasteiger partial charge in [-0.15, -0.1) is 0 Å². The third kappa shape index (κ3) is 2.53. The lowest BCUT2D eigenvalue weighted by Crippen LogP contribution is -2.09. The molecule has 1 N–H and O–H groups in total. The maximum atomic E-state index is 11.8. The van der Waals surface area contributed by atoms with E-state index in [1.807, 2.05) is 24.3 Å². The van der Waals surface area contributed by atoms with Gasteiger partial charge in [0.1, 0.15) is 5.75 Å². The molecule has 0 fully saturated rings. The lowest BCUT2D eigenvalue weighted by Gasteiger charge is -2.05. The highest BCUT2D eigenvalue weighted by Crippen LogP contribution is 2.25. The van der Waals surface area contributed by atoms with Crippen molar-refractivity contribution < 1.29 is 14.1 Å². The van der Waals surface area contributed by atoms with Gasteiger partial charge in [-0.2, -0.15) is 0 Å². The van der Waals surface area contributed by atoms with Crippen LogP contribution in [0, 0.1) is 0 Å². The van der Waals surface area contributed by atoms with Crippen LogP contribution >= 0.6 is 0 Å². The van der Waals surface area contributed by atoms with Gasteiger partial charge in [-0.25, -0.2) is 0 Å². The quantitative estimate of drug-likeness (QED) is 0.846. The third-order valence-electron chi connectivity index (χ3n) is 2.50. The number of Topliss-reactive ketones (excluding diaryl/α,β-unsaturated/α-hetero) is 1. The molecule has 2 aromatic carbocycles. The zero-order valence-corrected chi connectivity index (χ0v) is 10.2. The van der Waals surface area contributed by atoms with E-state index in [1.54, 1.807) is 12.1 Å². The van der Waals surface area contributed by atoms with Crippen LogP contribution in [0.2, 0.25) is 0 Å². The van der Waals surface area contributed by atoms with Crippen molar-refractivity contribution in [3.05, 3.63) is 42.0 Å². The van der Waals surface area contributed by atoms with Crippen molar-refractivity contribution in [3.63, 3.8) is 0 Å². The molecule has 0 aliphatic carbocycles. The maximum Gasteiger partial charge on any atom is 0.179 e. The second-order valence-corrected chi connectivity index (χ2v) is 5.29. The Morgan fingerprint density at radius 2 is 1.82 bits per heavy atom. The van der Waals surface area contributed by atoms with Gasteiger partial charge in [-0.3, -0.25) is 9.00 Å². The number of aromatic hydroxyl groups is 1. The number of ketones is 1. The number of fused-ring (bicyclic) bond motifs is 1. The first-order valence-electron chi connectivity index (χ1n) is 5.13. The Morgan fingerprint density at radius 3 is 2.41 bits per heavy atom. The second kappa shape index (κ2) is 4.67. The zero-order valence-electron chi connectivity index (χ0n) is 9.34. The van der Waals surface area contributed by atoms with Crippen molar-refractivity contribution >= 4 is 27.4 Å². The Hall–Kier alpha value is -1.68. The molecule has 88 valence electrons. The van der Waals surface area contributed by atoms with Gasteiger partial charge < -0.3 is 5.11 Å². The van der Waals surface area contributed by atoms with Crippen LogP contribution in [0.5, 0.6) is 5.75 Å². The SMILES string of the molecule is CS(=O)CC(=O)c1cc2ccccc2cc1O. The topological polar surface area (TPSA) is 54.4 Å². The minimum absolute atomic E-state index is 0.0563. The minimum Gasteiger partial charge on any atom is -0.507 e. The fourth-order valence-corrected chi connectivity index (χ4v) is 2.24. The van der Waals surface area contributed by atoms with Gasteiger partial charge in [-0.1, -0.05) is 24.3 Å². The van der Waals surface area contributed by atoms with Crippen LogP contribution in [-0.4, -0.2) is 27.1 Å². The fraction of sp³-hybridized carbons (Fsp3) is 0.154. The summed E-state index contributed by atoms with van der Waals surface area (Å²) in [6, 6.07) is 10.7. The first-order valence-corrected chi connectivity index (χ1v) is 6.85. The van der Waals surface area contributed by atoms with Crippen LogP contribution in [-0.2, 0) is 10.8 Å². The van der Waals surface area contributed by atoms with Gasteiger partial charge in [0.15, 0.2) is 5.78 Å². The minimum atomic E-state index is -1.20. The molecule has 0 radical (unpaired) electrons. The molecule has 0 saturated heterocycles. The fourth-order valence-electron chi connectivity index (χ4n) is 1.71. The highest BCUT2D eigenvalue weighted by atomic mass is 32.2. The lowest BCUT2D eigenvalue weighted by atomic mass is 10.0. The molecule has 2 rings (SSSR count). The molecule has 2 aromatic rings. The molecule has 0 spiro atoms. The van der Waals surface area contributed by atoms with Crippen molar-refractivity contribution in [2.45, 2.75) is 0 Å². The molecule has 0 amide bonds. The van der Waals surface area contributed by atoms with Crippen LogP contribution in [0.25, 0.3) is 10.8 Å². The van der Waals surface area contributed by atoms with E-state index in [1.165, 1.54) is 6.26 Å². The molecule has 1 atom stereocenters. The van der Waals surface area contributed by atoms with E-state index < -0.39 is 10.8 Å². The van der Waals surface area contributed by atoms with Crippen LogP contribution in [0.15, 0.2) is 36.4 Å². The summed E-state index contributed by atoms with van der Waals surface area (Å²) in [5.74, 6) is -0.417. The number of hydrogen-bond acceptors (Lipinski definition) is 3. The monoisotopic (exact) mass is 248 g/mol. The standard InChI is InChI=1S/C13H12O3S/c1-17(16)8-13(15)11-6-9-4-2-3-5-10(9)7-12(11)14/h2-7,14H,8H2,1H3. The highest BCUT2D eigenvalue weighted by Gasteiger charge is 2.13.